The molecule has 2 nitrogen and oxygen atoms in total. The Morgan fingerprint density at radius 1 is 1.35 bits per heavy atom. The molecule has 100 valence electrons. The van der Waals surface area contributed by atoms with Gasteiger partial charge in [0.15, 0.2) is 6.29 Å². The second kappa shape index (κ2) is 5.11. The standard InChI is InChI=1S/C15H28O2/c1-11(2)13(16)17-15(5,6)12-7-9-14(3,4)10-8-12/h12-13,16H,1,7-10H2,2-6H3. The second-order valence-corrected chi connectivity index (χ2v) is 6.86. The van der Waals surface area contributed by atoms with Gasteiger partial charge in [0, 0.05) is 0 Å². The van der Waals surface area contributed by atoms with Crippen LogP contribution in [-0.4, -0.2) is 17.0 Å². The summed E-state index contributed by atoms with van der Waals surface area (Å²) in [6.07, 6.45) is 4.02. The van der Waals surface area contributed by atoms with Crippen LogP contribution in [-0.2, 0) is 4.74 Å². The molecule has 1 aliphatic rings. The summed E-state index contributed by atoms with van der Waals surface area (Å²) in [5.41, 5.74) is 0.878. The Kier molecular flexibility index (Phi) is 4.43. The number of ether oxygens (including phenoxy) is 1. The third kappa shape index (κ3) is 4.11. The maximum atomic E-state index is 9.77. The molecule has 0 aromatic rings. The molecule has 0 spiro atoms. The highest BCUT2D eigenvalue weighted by Crippen LogP contribution is 2.43. The Morgan fingerprint density at radius 3 is 2.24 bits per heavy atom. The summed E-state index contributed by atoms with van der Waals surface area (Å²) >= 11 is 0. The maximum absolute atomic E-state index is 9.77. The monoisotopic (exact) mass is 240 g/mol. The van der Waals surface area contributed by atoms with Crippen LogP contribution in [0.4, 0.5) is 0 Å². The zero-order valence-electron chi connectivity index (χ0n) is 12.0. The van der Waals surface area contributed by atoms with E-state index in [0.29, 0.717) is 16.9 Å². The molecular weight excluding hydrogens is 212 g/mol. The van der Waals surface area contributed by atoms with E-state index in [0.717, 1.165) is 0 Å². The fourth-order valence-electron chi connectivity index (χ4n) is 2.58. The average Bonchev–Trinajstić information content (AvgIpc) is 2.15. The highest BCUT2D eigenvalue weighted by molar-refractivity contribution is 4.95. The number of rotatable bonds is 4. The van der Waals surface area contributed by atoms with Gasteiger partial charge in [0.25, 0.3) is 0 Å². The van der Waals surface area contributed by atoms with Gasteiger partial charge in [-0.3, -0.25) is 0 Å². The normalized spacial score (nSPS) is 23.4. The van der Waals surface area contributed by atoms with Crippen LogP contribution < -0.4 is 0 Å². The Labute approximate surface area is 106 Å². The highest BCUT2D eigenvalue weighted by Gasteiger charge is 2.37. The molecule has 17 heavy (non-hydrogen) atoms. The summed E-state index contributed by atoms with van der Waals surface area (Å²) in [5, 5.41) is 9.77. The Morgan fingerprint density at radius 2 is 1.82 bits per heavy atom. The minimum atomic E-state index is -0.833. The van der Waals surface area contributed by atoms with Crippen molar-refractivity contribution in [3.05, 3.63) is 12.2 Å². The summed E-state index contributed by atoms with van der Waals surface area (Å²) in [5.74, 6) is 0.532. The molecule has 1 fully saturated rings. The first kappa shape index (κ1) is 14.7. The first-order valence-electron chi connectivity index (χ1n) is 6.65. The van der Waals surface area contributed by atoms with Crippen LogP contribution >= 0.6 is 0 Å². The quantitative estimate of drug-likeness (QED) is 0.596. The molecule has 0 saturated heterocycles. The van der Waals surface area contributed by atoms with Crippen molar-refractivity contribution in [1.82, 2.24) is 0 Å². The molecule has 0 radical (unpaired) electrons. The van der Waals surface area contributed by atoms with Gasteiger partial charge in [-0.25, -0.2) is 0 Å². The summed E-state index contributed by atoms with van der Waals surface area (Å²) in [6, 6.07) is 0. The lowest BCUT2D eigenvalue weighted by atomic mass is 9.69. The largest absolute Gasteiger partial charge is 0.364 e. The lowest BCUT2D eigenvalue weighted by Gasteiger charge is -2.42. The number of aliphatic hydroxyl groups excluding tert-OH is 1. The van der Waals surface area contributed by atoms with Crippen molar-refractivity contribution in [2.24, 2.45) is 11.3 Å². The van der Waals surface area contributed by atoms with Gasteiger partial charge < -0.3 is 9.84 Å². The fraction of sp³-hybridized carbons (Fsp3) is 0.867. The summed E-state index contributed by atoms with van der Waals surface area (Å²) in [4.78, 5) is 0. The molecule has 1 atom stereocenters. The van der Waals surface area contributed by atoms with E-state index in [-0.39, 0.29) is 5.60 Å². The molecular formula is C15H28O2. The van der Waals surface area contributed by atoms with Crippen molar-refractivity contribution in [3.8, 4) is 0 Å². The topological polar surface area (TPSA) is 29.5 Å². The molecule has 1 saturated carbocycles. The first-order chi connectivity index (χ1) is 7.64. The van der Waals surface area contributed by atoms with Gasteiger partial charge in [0.05, 0.1) is 5.60 Å². The fourth-order valence-corrected chi connectivity index (χ4v) is 2.58. The predicted octanol–water partition coefficient (Wildman–Crippen LogP) is 3.89. The Balaban J connectivity index is 2.57. The first-order valence-corrected chi connectivity index (χ1v) is 6.65. The van der Waals surface area contributed by atoms with Crippen LogP contribution in [0.1, 0.15) is 60.3 Å². The molecule has 2 heteroatoms. The minimum Gasteiger partial charge on any atom is -0.364 e. The van der Waals surface area contributed by atoms with Gasteiger partial charge >= 0.3 is 0 Å². The molecule has 0 aromatic heterocycles. The zero-order valence-corrected chi connectivity index (χ0v) is 12.0. The lowest BCUT2D eigenvalue weighted by molar-refractivity contribution is -0.179. The number of aliphatic hydroxyl groups is 1. The van der Waals surface area contributed by atoms with Crippen LogP contribution in [0, 0.1) is 11.3 Å². The van der Waals surface area contributed by atoms with Crippen LogP contribution in [0.3, 0.4) is 0 Å². The van der Waals surface area contributed by atoms with E-state index in [1.807, 2.05) is 0 Å². The third-order valence-electron chi connectivity index (χ3n) is 4.16. The zero-order chi connectivity index (χ0) is 13.3. The molecule has 0 amide bonds. The summed E-state index contributed by atoms with van der Waals surface area (Å²) in [7, 11) is 0. The maximum Gasteiger partial charge on any atom is 0.177 e. The average molecular weight is 240 g/mol. The molecule has 1 aliphatic carbocycles. The van der Waals surface area contributed by atoms with Crippen molar-refractivity contribution in [2.45, 2.75) is 72.2 Å². The van der Waals surface area contributed by atoms with Crippen molar-refractivity contribution < 1.29 is 9.84 Å². The minimum absolute atomic E-state index is 0.269. The van der Waals surface area contributed by atoms with Crippen molar-refractivity contribution in [2.75, 3.05) is 0 Å². The van der Waals surface area contributed by atoms with Crippen LogP contribution in [0.25, 0.3) is 0 Å². The molecule has 0 heterocycles. The van der Waals surface area contributed by atoms with E-state index < -0.39 is 6.29 Å². The molecule has 0 bridgehead atoms. The summed E-state index contributed by atoms with van der Waals surface area (Å²) < 4.78 is 5.76. The lowest BCUT2D eigenvalue weighted by Crippen LogP contribution is -2.41. The van der Waals surface area contributed by atoms with E-state index in [4.69, 9.17) is 4.74 Å². The van der Waals surface area contributed by atoms with E-state index in [9.17, 15) is 5.11 Å². The van der Waals surface area contributed by atoms with Crippen molar-refractivity contribution in [3.63, 3.8) is 0 Å². The van der Waals surface area contributed by atoms with Gasteiger partial charge in [-0.05, 0) is 63.4 Å². The van der Waals surface area contributed by atoms with Crippen molar-refractivity contribution >= 4 is 0 Å². The van der Waals surface area contributed by atoms with E-state index >= 15 is 0 Å². The van der Waals surface area contributed by atoms with Gasteiger partial charge in [-0.15, -0.1) is 0 Å². The predicted molar refractivity (Wildman–Crippen MR) is 71.7 cm³/mol. The van der Waals surface area contributed by atoms with Crippen LogP contribution in [0.5, 0.6) is 0 Å². The van der Waals surface area contributed by atoms with Crippen molar-refractivity contribution in [1.29, 1.82) is 0 Å². The Bertz CT molecular complexity index is 269. The van der Waals surface area contributed by atoms with Gasteiger partial charge in [0.1, 0.15) is 0 Å². The molecule has 0 aromatic carbocycles. The molecule has 1 rings (SSSR count). The molecule has 0 aliphatic heterocycles. The molecule has 1 N–H and O–H groups in total. The SMILES string of the molecule is C=C(C)C(O)OC(C)(C)C1CCC(C)(C)CC1. The third-order valence-corrected chi connectivity index (χ3v) is 4.16. The smallest absolute Gasteiger partial charge is 0.177 e. The second-order valence-electron chi connectivity index (χ2n) is 6.86. The van der Waals surface area contributed by atoms with E-state index in [1.54, 1.807) is 6.92 Å². The van der Waals surface area contributed by atoms with Crippen LogP contribution in [0.15, 0.2) is 12.2 Å². The number of hydrogen-bond donors (Lipinski definition) is 1. The van der Waals surface area contributed by atoms with Gasteiger partial charge in [-0.2, -0.15) is 0 Å². The highest BCUT2D eigenvalue weighted by atomic mass is 16.6. The Hall–Kier alpha value is -0.340. The van der Waals surface area contributed by atoms with E-state index in [1.165, 1.54) is 25.7 Å². The summed E-state index contributed by atoms with van der Waals surface area (Å²) in [6.45, 7) is 14.4. The van der Waals surface area contributed by atoms with E-state index in [2.05, 4.69) is 34.3 Å². The number of hydrogen-bond acceptors (Lipinski definition) is 2. The van der Waals surface area contributed by atoms with Gasteiger partial charge in [-0.1, -0.05) is 20.4 Å². The van der Waals surface area contributed by atoms with Crippen LogP contribution in [0.2, 0.25) is 0 Å². The van der Waals surface area contributed by atoms with Gasteiger partial charge in [0.2, 0.25) is 0 Å². The molecule has 1 unspecified atom stereocenters.